The normalized spacial score (nSPS) is 12.9. The van der Waals surface area contributed by atoms with Crippen LogP contribution in [0.4, 0.5) is 20.2 Å². The minimum atomic E-state index is -4.35. The van der Waals surface area contributed by atoms with Gasteiger partial charge in [-0.1, -0.05) is 11.6 Å². The predicted octanol–water partition coefficient (Wildman–Crippen LogP) is 4.78. The molecule has 0 fully saturated rings. The third kappa shape index (κ3) is 3.74. The SMILES string of the molecule is O=C1Nc2cc(Cl)ccc2Oc2ccc(NS(=O)(=O)c3ccc(F)cc3F)cc21. The van der Waals surface area contributed by atoms with E-state index in [0.29, 0.717) is 22.5 Å². The number of sulfonamides is 1. The number of carbonyl (C=O) groups excluding carboxylic acids is 1. The molecule has 2 N–H and O–H groups in total. The quantitative estimate of drug-likeness (QED) is 0.619. The van der Waals surface area contributed by atoms with E-state index in [1.54, 1.807) is 12.1 Å². The van der Waals surface area contributed by atoms with Crippen LogP contribution in [0.1, 0.15) is 10.4 Å². The fraction of sp³-hybridized carbons (Fsp3) is 0. The molecule has 0 atom stereocenters. The molecule has 3 aromatic rings. The van der Waals surface area contributed by atoms with Crippen LogP contribution >= 0.6 is 11.6 Å². The number of anilines is 2. The largest absolute Gasteiger partial charge is 0.454 e. The van der Waals surface area contributed by atoms with Crippen molar-refractivity contribution in [2.24, 2.45) is 0 Å². The fourth-order valence-corrected chi connectivity index (χ4v) is 4.04. The highest BCUT2D eigenvalue weighted by Gasteiger charge is 2.24. The summed E-state index contributed by atoms with van der Waals surface area (Å²) in [5.74, 6) is -2.13. The molecule has 1 heterocycles. The molecule has 10 heteroatoms. The molecule has 1 amide bonds. The number of hydrogen-bond acceptors (Lipinski definition) is 4. The van der Waals surface area contributed by atoms with Crippen molar-refractivity contribution >= 4 is 38.9 Å². The lowest BCUT2D eigenvalue weighted by molar-refractivity contribution is 0.102. The molecule has 0 saturated heterocycles. The smallest absolute Gasteiger partial charge is 0.264 e. The summed E-state index contributed by atoms with van der Waals surface area (Å²) < 4.78 is 59.7. The molecule has 6 nitrogen and oxygen atoms in total. The molecule has 4 rings (SSSR count). The highest BCUT2D eigenvalue weighted by molar-refractivity contribution is 7.92. The van der Waals surface area contributed by atoms with Crippen LogP contribution in [0.15, 0.2) is 59.5 Å². The monoisotopic (exact) mass is 436 g/mol. The van der Waals surface area contributed by atoms with Crippen LogP contribution in [0, 0.1) is 11.6 Å². The van der Waals surface area contributed by atoms with Gasteiger partial charge < -0.3 is 10.1 Å². The van der Waals surface area contributed by atoms with Gasteiger partial charge >= 0.3 is 0 Å². The topological polar surface area (TPSA) is 84.5 Å². The molecule has 1 aliphatic rings. The lowest BCUT2D eigenvalue weighted by Gasteiger charge is -2.11. The number of benzene rings is 3. The Morgan fingerprint density at radius 3 is 2.48 bits per heavy atom. The van der Waals surface area contributed by atoms with E-state index < -0.39 is 32.5 Å². The Balaban J connectivity index is 1.68. The molecule has 0 radical (unpaired) electrons. The summed E-state index contributed by atoms with van der Waals surface area (Å²) in [4.78, 5) is 11.8. The summed E-state index contributed by atoms with van der Waals surface area (Å²) in [5.41, 5.74) is 0.404. The van der Waals surface area contributed by atoms with E-state index in [1.807, 2.05) is 0 Å². The molecule has 0 aliphatic carbocycles. The van der Waals surface area contributed by atoms with E-state index >= 15 is 0 Å². The van der Waals surface area contributed by atoms with Gasteiger partial charge in [-0.15, -0.1) is 0 Å². The average molecular weight is 437 g/mol. The molecule has 0 bridgehead atoms. The molecule has 0 saturated carbocycles. The summed E-state index contributed by atoms with van der Waals surface area (Å²) >= 11 is 5.93. The lowest BCUT2D eigenvalue weighted by atomic mass is 10.1. The van der Waals surface area contributed by atoms with Gasteiger partial charge in [0.15, 0.2) is 5.75 Å². The minimum absolute atomic E-state index is 0.00443. The second-order valence-corrected chi connectivity index (χ2v) is 8.18. The van der Waals surface area contributed by atoms with E-state index in [4.69, 9.17) is 16.3 Å². The maximum absolute atomic E-state index is 13.9. The van der Waals surface area contributed by atoms with E-state index in [1.165, 1.54) is 24.3 Å². The molecule has 1 aliphatic heterocycles. The third-order valence-corrected chi connectivity index (χ3v) is 5.72. The van der Waals surface area contributed by atoms with Crippen LogP contribution in [0.25, 0.3) is 0 Å². The van der Waals surface area contributed by atoms with E-state index in [2.05, 4.69) is 10.0 Å². The summed E-state index contributed by atoms with van der Waals surface area (Å²) in [7, 11) is -4.35. The number of ether oxygens (including phenoxy) is 1. The number of rotatable bonds is 3. The van der Waals surface area contributed by atoms with Crippen LogP contribution in [0.5, 0.6) is 11.5 Å². The first-order valence-corrected chi connectivity index (χ1v) is 10.00. The molecular weight excluding hydrogens is 426 g/mol. The van der Waals surface area contributed by atoms with Gasteiger partial charge in [-0.05, 0) is 48.5 Å². The van der Waals surface area contributed by atoms with Crippen molar-refractivity contribution in [3.05, 3.63) is 76.8 Å². The van der Waals surface area contributed by atoms with Crippen molar-refractivity contribution in [1.29, 1.82) is 0 Å². The number of nitrogens with one attached hydrogen (secondary N) is 2. The van der Waals surface area contributed by atoms with Gasteiger partial charge in [0.05, 0.1) is 11.3 Å². The highest BCUT2D eigenvalue weighted by Crippen LogP contribution is 2.38. The number of fused-ring (bicyclic) bond motifs is 2. The van der Waals surface area contributed by atoms with E-state index in [-0.39, 0.29) is 17.0 Å². The van der Waals surface area contributed by atoms with Crippen molar-refractivity contribution in [2.75, 3.05) is 10.0 Å². The highest BCUT2D eigenvalue weighted by atomic mass is 35.5. The van der Waals surface area contributed by atoms with Gasteiger partial charge in [0.25, 0.3) is 15.9 Å². The molecule has 148 valence electrons. The van der Waals surface area contributed by atoms with Crippen molar-refractivity contribution in [3.63, 3.8) is 0 Å². The third-order valence-electron chi connectivity index (χ3n) is 4.07. The Hall–Kier alpha value is -3.17. The zero-order chi connectivity index (χ0) is 20.8. The Bertz CT molecular complexity index is 1270. The van der Waals surface area contributed by atoms with Crippen LogP contribution in [0.3, 0.4) is 0 Å². The van der Waals surface area contributed by atoms with Crippen LogP contribution in [-0.4, -0.2) is 14.3 Å². The Morgan fingerprint density at radius 2 is 1.72 bits per heavy atom. The first-order chi connectivity index (χ1) is 13.7. The van der Waals surface area contributed by atoms with Crippen molar-refractivity contribution in [3.8, 4) is 11.5 Å². The summed E-state index contributed by atoms with van der Waals surface area (Å²) in [5, 5.41) is 3.03. The van der Waals surface area contributed by atoms with Crippen molar-refractivity contribution < 1.29 is 26.7 Å². The number of carbonyl (C=O) groups is 1. The fourth-order valence-electron chi connectivity index (χ4n) is 2.76. The summed E-state index contributed by atoms with van der Waals surface area (Å²) in [6.45, 7) is 0. The zero-order valence-electron chi connectivity index (χ0n) is 14.4. The molecule has 0 aromatic heterocycles. The average Bonchev–Trinajstić information content (AvgIpc) is 2.77. The van der Waals surface area contributed by atoms with Gasteiger partial charge in [-0.25, -0.2) is 17.2 Å². The molecule has 29 heavy (non-hydrogen) atoms. The van der Waals surface area contributed by atoms with Gasteiger partial charge in [0, 0.05) is 16.8 Å². The maximum atomic E-state index is 13.9. The Labute approximate surface area is 169 Å². The van der Waals surface area contributed by atoms with Gasteiger partial charge in [-0.3, -0.25) is 9.52 Å². The lowest BCUT2D eigenvalue weighted by Crippen LogP contribution is -2.16. The van der Waals surface area contributed by atoms with Crippen molar-refractivity contribution in [2.45, 2.75) is 4.90 Å². The predicted molar refractivity (Wildman–Crippen MR) is 103 cm³/mol. The molecule has 0 unspecified atom stereocenters. The van der Waals surface area contributed by atoms with Crippen LogP contribution in [0.2, 0.25) is 5.02 Å². The van der Waals surface area contributed by atoms with Gasteiger partial charge in [0.1, 0.15) is 22.3 Å². The maximum Gasteiger partial charge on any atom is 0.264 e. The number of hydrogen-bond donors (Lipinski definition) is 2. The molecule has 3 aromatic carbocycles. The standard InChI is InChI=1S/C19H11ClF2N2O4S/c20-10-1-4-17-15(7-10)23-19(25)13-9-12(3-5-16(13)28-17)24-29(26,27)18-6-2-11(21)8-14(18)22/h1-9,24H,(H,23,25). The molecular formula is C19H11ClF2N2O4S. The first kappa shape index (κ1) is 19.2. The number of amides is 1. The second kappa shape index (κ2) is 7.02. The van der Waals surface area contributed by atoms with Crippen LogP contribution < -0.4 is 14.8 Å². The molecule has 0 spiro atoms. The Morgan fingerprint density at radius 1 is 0.966 bits per heavy atom. The summed E-state index contributed by atoms with van der Waals surface area (Å²) in [6, 6.07) is 10.8. The first-order valence-electron chi connectivity index (χ1n) is 8.14. The minimum Gasteiger partial charge on any atom is -0.454 e. The van der Waals surface area contributed by atoms with Gasteiger partial charge in [0.2, 0.25) is 0 Å². The van der Waals surface area contributed by atoms with E-state index in [0.717, 1.165) is 12.1 Å². The summed E-state index contributed by atoms with van der Waals surface area (Å²) in [6.07, 6.45) is 0. The number of halogens is 3. The van der Waals surface area contributed by atoms with Gasteiger partial charge in [-0.2, -0.15) is 0 Å². The second-order valence-electron chi connectivity index (χ2n) is 6.09. The Kier molecular flexibility index (Phi) is 4.64. The van der Waals surface area contributed by atoms with E-state index in [9.17, 15) is 22.0 Å². The van der Waals surface area contributed by atoms with Crippen molar-refractivity contribution in [1.82, 2.24) is 0 Å². The zero-order valence-corrected chi connectivity index (χ0v) is 15.9. The van der Waals surface area contributed by atoms with Crippen LogP contribution in [-0.2, 0) is 10.0 Å².